The summed E-state index contributed by atoms with van der Waals surface area (Å²) in [5, 5.41) is 11.7. The first-order chi connectivity index (χ1) is 13.2. The van der Waals surface area contributed by atoms with E-state index >= 15 is 0 Å². The Labute approximate surface area is 159 Å². The molecule has 28 heavy (non-hydrogen) atoms. The summed E-state index contributed by atoms with van der Waals surface area (Å²) in [5.41, 5.74) is 1.45. The number of nitrogens with one attached hydrogen (secondary N) is 1. The zero-order chi connectivity index (χ0) is 20.5. The number of carbonyl (C=O) groups excluding carboxylic acids is 1. The van der Waals surface area contributed by atoms with Crippen LogP contribution in [-0.2, 0) is 9.59 Å². The minimum absolute atomic E-state index is 0.290. The first-order valence-corrected chi connectivity index (χ1v) is 8.64. The molecule has 0 spiro atoms. The van der Waals surface area contributed by atoms with Crippen LogP contribution in [0.15, 0.2) is 48.5 Å². The third-order valence-corrected chi connectivity index (χ3v) is 4.72. The van der Waals surface area contributed by atoms with Crippen LogP contribution in [0.4, 0.5) is 18.9 Å². The molecule has 1 aliphatic carbocycles. The molecule has 5 nitrogen and oxygen atoms in total. The molecule has 2 aromatic rings. The molecule has 1 fully saturated rings. The molecule has 3 unspecified atom stereocenters. The number of ether oxygens (including phenoxy) is 1. The molecule has 148 valence electrons. The van der Waals surface area contributed by atoms with Gasteiger partial charge in [-0.2, -0.15) is 0 Å². The van der Waals surface area contributed by atoms with Gasteiger partial charge in [0.2, 0.25) is 5.91 Å². The molecule has 3 atom stereocenters. The van der Waals surface area contributed by atoms with E-state index in [4.69, 9.17) is 5.11 Å². The molecule has 0 bridgehead atoms. The minimum atomic E-state index is -4.79. The molecule has 0 radical (unpaired) electrons. The number of anilines is 1. The summed E-state index contributed by atoms with van der Waals surface area (Å²) in [7, 11) is 0. The van der Waals surface area contributed by atoms with Crippen LogP contribution >= 0.6 is 0 Å². The zero-order valence-corrected chi connectivity index (χ0v) is 14.9. The fourth-order valence-electron chi connectivity index (χ4n) is 3.07. The quantitative estimate of drug-likeness (QED) is 0.757. The number of alkyl halides is 3. The van der Waals surface area contributed by atoms with Gasteiger partial charge in [0.1, 0.15) is 5.75 Å². The predicted octanol–water partition coefficient (Wildman–Crippen LogP) is 4.52. The van der Waals surface area contributed by atoms with E-state index in [1.807, 2.05) is 0 Å². The van der Waals surface area contributed by atoms with Gasteiger partial charge in [-0.15, -0.1) is 13.2 Å². The van der Waals surface area contributed by atoms with Gasteiger partial charge in [0.15, 0.2) is 0 Å². The standard InChI is InChI=1S/C20H18F3NO4/c1-11(19(26)27)12-6-8-13(9-7-12)24-18(25)16-10-15(16)14-4-2-3-5-17(14)28-20(21,22)23/h2-9,11,15-16H,10H2,1H3,(H,24,25)(H,26,27). The van der Waals surface area contributed by atoms with Crippen LogP contribution in [0, 0.1) is 5.92 Å². The number of para-hydroxylation sites is 1. The van der Waals surface area contributed by atoms with Gasteiger partial charge in [-0.25, -0.2) is 0 Å². The van der Waals surface area contributed by atoms with Crippen LogP contribution in [-0.4, -0.2) is 23.3 Å². The number of carbonyl (C=O) groups is 2. The SMILES string of the molecule is CC(C(=O)O)c1ccc(NC(=O)C2CC2c2ccccc2OC(F)(F)F)cc1. The monoisotopic (exact) mass is 393 g/mol. The Kier molecular flexibility index (Phi) is 5.31. The lowest BCUT2D eigenvalue weighted by molar-refractivity contribution is -0.274. The Morgan fingerprint density at radius 3 is 2.39 bits per heavy atom. The number of carboxylic acid groups (broad SMARTS) is 1. The van der Waals surface area contributed by atoms with Crippen molar-refractivity contribution in [3.63, 3.8) is 0 Å². The van der Waals surface area contributed by atoms with Gasteiger partial charge in [0.25, 0.3) is 0 Å². The molecule has 8 heteroatoms. The molecule has 1 amide bonds. The average Bonchev–Trinajstić information content (AvgIpc) is 3.41. The molecule has 2 N–H and O–H groups in total. The lowest BCUT2D eigenvalue weighted by Crippen LogP contribution is -2.18. The van der Waals surface area contributed by atoms with Gasteiger partial charge in [-0.05, 0) is 48.6 Å². The van der Waals surface area contributed by atoms with Gasteiger partial charge in [-0.1, -0.05) is 30.3 Å². The van der Waals surface area contributed by atoms with Crippen molar-refractivity contribution in [2.24, 2.45) is 5.92 Å². The van der Waals surface area contributed by atoms with Crippen molar-refractivity contribution in [1.82, 2.24) is 0 Å². The zero-order valence-electron chi connectivity index (χ0n) is 14.9. The highest BCUT2D eigenvalue weighted by Crippen LogP contribution is 2.51. The van der Waals surface area contributed by atoms with E-state index in [1.165, 1.54) is 18.2 Å². The van der Waals surface area contributed by atoms with Crippen molar-refractivity contribution in [2.75, 3.05) is 5.32 Å². The highest BCUT2D eigenvalue weighted by atomic mass is 19.4. The average molecular weight is 393 g/mol. The number of rotatable bonds is 6. The van der Waals surface area contributed by atoms with Crippen LogP contribution < -0.4 is 10.1 Å². The van der Waals surface area contributed by atoms with E-state index in [-0.39, 0.29) is 17.6 Å². The van der Waals surface area contributed by atoms with Crippen LogP contribution in [0.5, 0.6) is 5.75 Å². The number of aliphatic carboxylic acids is 1. The number of halogens is 3. The first kappa shape index (κ1) is 19.7. The molecule has 1 saturated carbocycles. The molecule has 1 aliphatic rings. The molecule has 0 aromatic heterocycles. The summed E-state index contributed by atoms with van der Waals surface area (Å²) in [5.74, 6) is -2.99. The highest BCUT2D eigenvalue weighted by molar-refractivity contribution is 5.95. The topological polar surface area (TPSA) is 75.6 Å². The summed E-state index contributed by atoms with van der Waals surface area (Å²) in [6.07, 6.45) is -4.37. The maximum atomic E-state index is 12.5. The van der Waals surface area contributed by atoms with Crippen molar-refractivity contribution in [2.45, 2.75) is 31.5 Å². The van der Waals surface area contributed by atoms with Gasteiger partial charge in [0.05, 0.1) is 5.92 Å². The summed E-state index contributed by atoms with van der Waals surface area (Å²) >= 11 is 0. The Bertz CT molecular complexity index is 880. The summed E-state index contributed by atoms with van der Waals surface area (Å²) in [4.78, 5) is 23.4. The predicted molar refractivity (Wildman–Crippen MR) is 95.1 cm³/mol. The number of carboxylic acids is 1. The minimum Gasteiger partial charge on any atom is -0.481 e. The molecule has 0 heterocycles. The molecular weight excluding hydrogens is 375 g/mol. The largest absolute Gasteiger partial charge is 0.573 e. The van der Waals surface area contributed by atoms with Crippen molar-refractivity contribution in [3.8, 4) is 5.75 Å². The van der Waals surface area contributed by atoms with Crippen molar-refractivity contribution >= 4 is 17.6 Å². The number of amides is 1. The molecular formula is C20H18F3NO4. The summed E-state index contributed by atoms with van der Waals surface area (Å²) < 4.78 is 41.7. The Hall–Kier alpha value is -3.03. The van der Waals surface area contributed by atoms with Crippen LogP contribution in [0.25, 0.3) is 0 Å². The summed E-state index contributed by atoms with van der Waals surface area (Å²) in [6, 6.07) is 12.3. The lowest BCUT2D eigenvalue weighted by atomic mass is 10.0. The third kappa shape index (κ3) is 4.62. The highest BCUT2D eigenvalue weighted by Gasteiger charge is 2.46. The fourth-order valence-corrected chi connectivity index (χ4v) is 3.07. The number of hydrogen-bond acceptors (Lipinski definition) is 3. The molecule has 0 saturated heterocycles. The lowest BCUT2D eigenvalue weighted by Gasteiger charge is -2.13. The fraction of sp³-hybridized carbons (Fsp3) is 0.300. The van der Waals surface area contributed by atoms with E-state index in [2.05, 4.69) is 10.1 Å². The van der Waals surface area contributed by atoms with E-state index in [9.17, 15) is 22.8 Å². The van der Waals surface area contributed by atoms with Crippen LogP contribution in [0.2, 0.25) is 0 Å². The van der Waals surface area contributed by atoms with E-state index in [0.29, 0.717) is 23.2 Å². The number of benzene rings is 2. The van der Waals surface area contributed by atoms with Crippen molar-refractivity contribution in [1.29, 1.82) is 0 Å². The summed E-state index contributed by atoms with van der Waals surface area (Å²) in [6.45, 7) is 1.56. The maximum absolute atomic E-state index is 12.5. The Morgan fingerprint density at radius 2 is 1.79 bits per heavy atom. The second-order valence-corrected chi connectivity index (χ2v) is 6.71. The smallest absolute Gasteiger partial charge is 0.481 e. The molecule has 2 aromatic carbocycles. The van der Waals surface area contributed by atoms with Gasteiger partial charge in [-0.3, -0.25) is 9.59 Å². The van der Waals surface area contributed by atoms with Gasteiger partial charge < -0.3 is 15.2 Å². The Balaban J connectivity index is 1.65. The Morgan fingerprint density at radius 1 is 1.14 bits per heavy atom. The van der Waals surface area contributed by atoms with E-state index in [1.54, 1.807) is 37.3 Å². The van der Waals surface area contributed by atoms with E-state index < -0.39 is 24.2 Å². The molecule has 0 aliphatic heterocycles. The molecule has 3 rings (SSSR count). The van der Waals surface area contributed by atoms with Gasteiger partial charge in [0, 0.05) is 11.6 Å². The first-order valence-electron chi connectivity index (χ1n) is 8.64. The normalized spacial score (nSPS) is 19.6. The van der Waals surface area contributed by atoms with Crippen molar-refractivity contribution < 1.29 is 32.6 Å². The second-order valence-electron chi connectivity index (χ2n) is 6.71. The second kappa shape index (κ2) is 7.53. The number of hydrogen-bond donors (Lipinski definition) is 2. The van der Waals surface area contributed by atoms with E-state index in [0.717, 1.165) is 0 Å². The van der Waals surface area contributed by atoms with Crippen molar-refractivity contribution in [3.05, 3.63) is 59.7 Å². The maximum Gasteiger partial charge on any atom is 0.573 e. The third-order valence-electron chi connectivity index (χ3n) is 4.72. The van der Waals surface area contributed by atoms with Gasteiger partial charge >= 0.3 is 12.3 Å². The van der Waals surface area contributed by atoms with Crippen LogP contribution in [0.1, 0.15) is 36.3 Å². The van der Waals surface area contributed by atoms with Crippen LogP contribution in [0.3, 0.4) is 0 Å².